The number of carbonyl (C=O) groups is 2. The summed E-state index contributed by atoms with van der Waals surface area (Å²) in [5.41, 5.74) is 2.38. The summed E-state index contributed by atoms with van der Waals surface area (Å²) in [4.78, 5) is 32.4. The van der Waals surface area contributed by atoms with Gasteiger partial charge in [0.05, 0.1) is 17.1 Å². The normalized spacial score (nSPS) is 12.1. The summed E-state index contributed by atoms with van der Waals surface area (Å²) in [5, 5.41) is 5.80. The number of aromatic amines is 1. The lowest BCUT2D eigenvalue weighted by Gasteiger charge is -2.20. The van der Waals surface area contributed by atoms with Crippen molar-refractivity contribution in [3.8, 4) is 0 Å². The first-order chi connectivity index (χ1) is 13.4. The third kappa shape index (κ3) is 4.98. The molecule has 2 aromatic carbocycles. The third-order valence-corrected chi connectivity index (χ3v) is 4.96. The second-order valence-electron chi connectivity index (χ2n) is 6.94. The fourth-order valence-electron chi connectivity index (χ4n) is 2.91. The molecule has 1 atom stereocenters. The van der Waals surface area contributed by atoms with E-state index >= 15 is 0 Å². The summed E-state index contributed by atoms with van der Waals surface area (Å²) in [7, 11) is 0. The van der Waals surface area contributed by atoms with Gasteiger partial charge in [0.15, 0.2) is 0 Å². The highest BCUT2D eigenvalue weighted by Gasteiger charge is 2.21. The van der Waals surface area contributed by atoms with Crippen molar-refractivity contribution in [1.29, 1.82) is 0 Å². The zero-order valence-corrected chi connectivity index (χ0v) is 17.4. The second-order valence-corrected chi connectivity index (χ2v) is 7.86. The molecule has 2 amide bonds. The molecule has 0 saturated carbocycles. The molecular formula is C21H23BrN4O2. The van der Waals surface area contributed by atoms with Gasteiger partial charge in [-0.15, -0.1) is 0 Å². The number of imidazole rings is 1. The Morgan fingerprint density at radius 2 is 1.82 bits per heavy atom. The number of halogens is 1. The van der Waals surface area contributed by atoms with Crippen molar-refractivity contribution in [3.05, 3.63) is 64.4 Å². The molecule has 3 aromatic rings. The highest BCUT2D eigenvalue weighted by molar-refractivity contribution is 9.10. The van der Waals surface area contributed by atoms with Crippen molar-refractivity contribution in [2.75, 3.05) is 6.54 Å². The van der Waals surface area contributed by atoms with Crippen molar-refractivity contribution in [3.63, 3.8) is 0 Å². The van der Waals surface area contributed by atoms with E-state index in [1.165, 1.54) is 0 Å². The molecule has 0 spiro atoms. The molecule has 3 N–H and O–H groups in total. The molecule has 0 radical (unpaired) electrons. The maximum Gasteiger partial charge on any atom is 0.251 e. The number of amides is 2. The molecular weight excluding hydrogens is 420 g/mol. The SMILES string of the molecule is CC(C)C(NC(=O)CCNC(=O)c1ccc(Br)cc1)c1nc2ccccc2[nH]1. The van der Waals surface area contributed by atoms with E-state index in [2.05, 4.69) is 36.5 Å². The molecule has 3 rings (SSSR count). The van der Waals surface area contributed by atoms with Gasteiger partial charge in [0, 0.05) is 23.0 Å². The number of hydrogen-bond acceptors (Lipinski definition) is 3. The number of para-hydroxylation sites is 2. The van der Waals surface area contributed by atoms with Crippen LogP contribution >= 0.6 is 15.9 Å². The van der Waals surface area contributed by atoms with Gasteiger partial charge in [-0.25, -0.2) is 4.98 Å². The number of aromatic nitrogens is 2. The van der Waals surface area contributed by atoms with Gasteiger partial charge in [-0.3, -0.25) is 9.59 Å². The van der Waals surface area contributed by atoms with E-state index in [0.29, 0.717) is 5.56 Å². The van der Waals surface area contributed by atoms with Gasteiger partial charge in [-0.1, -0.05) is 41.9 Å². The summed E-state index contributed by atoms with van der Waals surface area (Å²) in [6, 6.07) is 14.6. The molecule has 1 unspecified atom stereocenters. The van der Waals surface area contributed by atoms with E-state index in [9.17, 15) is 9.59 Å². The molecule has 28 heavy (non-hydrogen) atoms. The standard InChI is InChI=1S/C21H23BrN4O2/c1-13(2)19(20-24-16-5-3-4-6-17(16)25-20)26-18(27)11-12-23-21(28)14-7-9-15(22)10-8-14/h3-10,13,19H,11-12H2,1-2H3,(H,23,28)(H,24,25)(H,26,27). The van der Waals surface area contributed by atoms with Crippen molar-refractivity contribution in [1.82, 2.24) is 20.6 Å². The summed E-state index contributed by atoms with van der Waals surface area (Å²) >= 11 is 3.34. The van der Waals surface area contributed by atoms with Crippen LogP contribution in [0.15, 0.2) is 53.0 Å². The van der Waals surface area contributed by atoms with E-state index < -0.39 is 0 Å². The van der Waals surface area contributed by atoms with Crippen LogP contribution in [0.2, 0.25) is 0 Å². The van der Waals surface area contributed by atoms with Crippen LogP contribution in [0.4, 0.5) is 0 Å². The summed E-state index contributed by atoms with van der Waals surface area (Å²) < 4.78 is 0.911. The molecule has 0 aliphatic heterocycles. The van der Waals surface area contributed by atoms with Crippen LogP contribution in [-0.4, -0.2) is 28.3 Å². The van der Waals surface area contributed by atoms with Crippen molar-refractivity contribution >= 4 is 38.8 Å². The number of H-pyrrole nitrogens is 1. The predicted molar refractivity (Wildman–Crippen MR) is 113 cm³/mol. The minimum atomic E-state index is -0.220. The topological polar surface area (TPSA) is 86.9 Å². The molecule has 0 saturated heterocycles. The van der Waals surface area contributed by atoms with Gasteiger partial charge in [0.25, 0.3) is 5.91 Å². The number of benzene rings is 2. The average molecular weight is 443 g/mol. The minimum Gasteiger partial charge on any atom is -0.352 e. The van der Waals surface area contributed by atoms with Crippen LogP contribution in [0.1, 0.15) is 42.5 Å². The molecule has 1 aromatic heterocycles. The second kappa shape index (κ2) is 9.01. The Labute approximate surface area is 172 Å². The predicted octanol–water partition coefficient (Wildman–Crippen LogP) is 3.96. The summed E-state index contributed by atoms with van der Waals surface area (Å²) in [5.74, 6) is 0.582. The first-order valence-corrected chi connectivity index (χ1v) is 10.0. The van der Waals surface area contributed by atoms with Crippen LogP contribution in [0.3, 0.4) is 0 Å². The highest BCUT2D eigenvalue weighted by Crippen LogP contribution is 2.22. The highest BCUT2D eigenvalue weighted by atomic mass is 79.9. The molecule has 1 heterocycles. The smallest absolute Gasteiger partial charge is 0.251 e. The van der Waals surface area contributed by atoms with Gasteiger partial charge in [-0.05, 0) is 42.3 Å². The Hall–Kier alpha value is -2.67. The number of rotatable bonds is 7. The quantitative estimate of drug-likeness (QED) is 0.517. The molecule has 146 valence electrons. The van der Waals surface area contributed by atoms with E-state index in [0.717, 1.165) is 21.3 Å². The maximum atomic E-state index is 12.4. The van der Waals surface area contributed by atoms with Gasteiger partial charge < -0.3 is 15.6 Å². The van der Waals surface area contributed by atoms with Crippen LogP contribution < -0.4 is 10.6 Å². The molecule has 6 nitrogen and oxygen atoms in total. The number of hydrogen-bond donors (Lipinski definition) is 3. The Bertz CT molecular complexity index is 933. The van der Waals surface area contributed by atoms with Gasteiger partial charge in [0.2, 0.25) is 5.91 Å². The first-order valence-electron chi connectivity index (χ1n) is 9.22. The van der Waals surface area contributed by atoms with Gasteiger partial charge >= 0.3 is 0 Å². The fourth-order valence-corrected chi connectivity index (χ4v) is 3.17. The zero-order chi connectivity index (χ0) is 20.1. The first kappa shape index (κ1) is 20.1. The van der Waals surface area contributed by atoms with Crippen molar-refractivity contribution in [2.45, 2.75) is 26.3 Å². The number of nitrogens with one attached hydrogen (secondary N) is 3. The van der Waals surface area contributed by atoms with E-state index in [1.807, 2.05) is 50.2 Å². The molecule has 7 heteroatoms. The summed E-state index contributed by atoms with van der Waals surface area (Å²) in [6.07, 6.45) is 0.200. The zero-order valence-electron chi connectivity index (χ0n) is 15.8. The van der Waals surface area contributed by atoms with E-state index in [4.69, 9.17) is 0 Å². The average Bonchev–Trinajstić information content (AvgIpc) is 3.10. The fraction of sp³-hybridized carbons (Fsp3) is 0.286. The van der Waals surface area contributed by atoms with Crippen LogP contribution in [0.25, 0.3) is 11.0 Å². The van der Waals surface area contributed by atoms with E-state index in [-0.39, 0.29) is 36.7 Å². The molecule has 0 bridgehead atoms. The Kier molecular flexibility index (Phi) is 6.46. The largest absolute Gasteiger partial charge is 0.352 e. The van der Waals surface area contributed by atoms with Crippen molar-refractivity contribution in [2.24, 2.45) is 5.92 Å². The van der Waals surface area contributed by atoms with E-state index in [1.54, 1.807) is 12.1 Å². The molecule has 0 aliphatic rings. The maximum absolute atomic E-state index is 12.4. The van der Waals surface area contributed by atoms with Crippen LogP contribution in [0.5, 0.6) is 0 Å². The number of carbonyl (C=O) groups excluding carboxylic acids is 2. The molecule has 0 fully saturated rings. The van der Waals surface area contributed by atoms with Crippen LogP contribution in [-0.2, 0) is 4.79 Å². The molecule has 0 aliphatic carbocycles. The third-order valence-electron chi connectivity index (χ3n) is 4.43. The number of fused-ring (bicyclic) bond motifs is 1. The lowest BCUT2D eigenvalue weighted by atomic mass is 10.0. The Balaban J connectivity index is 1.55. The Morgan fingerprint density at radius 1 is 1.11 bits per heavy atom. The number of nitrogens with zero attached hydrogens (tertiary/aromatic N) is 1. The lowest BCUT2D eigenvalue weighted by Crippen LogP contribution is -2.35. The minimum absolute atomic E-state index is 0.129. The Morgan fingerprint density at radius 3 is 2.50 bits per heavy atom. The summed E-state index contributed by atoms with van der Waals surface area (Å²) in [6.45, 7) is 4.34. The van der Waals surface area contributed by atoms with Gasteiger partial charge in [0.1, 0.15) is 5.82 Å². The van der Waals surface area contributed by atoms with Crippen molar-refractivity contribution < 1.29 is 9.59 Å². The van der Waals surface area contributed by atoms with Crippen LogP contribution in [0, 0.1) is 5.92 Å². The van der Waals surface area contributed by atoms with Gasteiger partial charge in [-0.2, -0.15) is 0 Å². The monoisotopic (exact) mass is 442 g/mol. The lowest BCUT2D eigenvalue weighted by molar-refractivity contribution is -0.122.